The molecule has 0 aliphatic heterocycles. The van der Waals surface area contributed by atoms with E-state index in [2.05, 4.69) is 50.2 Å². The zero-order valence-electron chi connectivity index (χ0n) is 16.0. The minimum absolute atomic E-state index is 0.0333. The standard InChI is InChI=1S/C22H22F3NO2/c1-21(2,3)17-8-4-14(5-9-17)16-12-19(13-16)26-28-20(27)15-6-10-18(11-7-15)22(23,24)25/h4-11,16H,12-13H2,1-3H3. The molecule has 0 N–H and O–H groups in total. The second-order valence-electron chi connectivity index (χ2n) is 8.09. The number of hydrogen-bond donors (Lipinski definition) is 0. The molecule has 0 atom stereocenters. The molecule has 0 saturated heterocycles. The third-order valence-corrected chi connectivity index (χ3v) is 4.92. The Kier molecular flexibility index (Phi) is 5.33. The van der Waals surface area contributed by atoms with Crippen molar-refractivity contribution in [2.24, 2.45) is 5.16 Å². The molecule has 0 radical (unpaired) electrons. The maximum Gasteiger partial charge on any atom is 0.416 e. The van der Waals surface area contributed by atoms with Gasteiger partial charge in [0.2, 0.25) is 0 Å². The Morgan fingerprint density at radius 1 is 0.929 bits per heavy atom. The summed E-state index contributed by atoms with van der Waals surface area (Å²) in [5.74, 6) is -0.420. The van der Waals surface area contributed by atoms with E-state index < -0.39 is 17.7 Å². The molecule has 0 aromatic heterocycles. The lowest BCUT2D eigenvalue weighted by atomic mass is 9.77. The number of rotatable bonds is 3. The first-order valence-corrected chi connectivity index (χ1v) is 9.09. The molecule has 0 spiro atoms. The van der Waals surface area contributed by atoms with E-state index in [1.54, 1.807) is 0 Å². The van der Waals surface area contributed by atoms with Crippen LogP contribution in [0.1, 0.15) is 66.6 Å². The molecule has 0 amide bonds. The number of nitrogens with zero attached hydrogens (tertiary/aromatic N) is 1. The summed E-state index contributed by atoms with van der Waals surface area (Å²) in [6.45, 7) is 6.50. The quantitative estimate of drug-likeness (QED) is 0.470. The van der Waals surface area contributed by atoms with Gasteiger partial charge in [-0.2, -0.15) is 13.2 Å². The first-order chi connectivity index (χ1) is 13.0. The summed E-state index contributed by atoms with van der Waals surface area (Å²) in [6, 6.07) is 12.4. The lowest BCUT2D eigenvalue weighted by Gasteiger charge is -2.28. The van der Waals surface area contributed by atoms with Crippen molar-refractivity contribution in [1.82, 2.24) is 0 Å². The Bertz CT molecular complexity index is 868. The molecular formula is C22H22F3NO2. The predicted octanol–water partition coefficient (Wildman–Crippen LogP) is 6.09. The molecule has 1 fully saturated rings. The molecule has 1 aliphatic carbocycles. The van der Waals surface area contributed by atoms with Crippen LogP contribution in [0.2, 0.25) is 0 Å². The monoisotopic (exact) mass is 389 g/mol. The largest absolute Gasteiger partial charge is 0.416 e. The van der Waals surface area contributed by atoms with Crippen LogP contribution in [0.3, 0.4) is 0 Å². The third-order valence-electron chi connectivity index (χ3n) is 4.92. The van der Waals surface area contributed by atoms with Gasteiger partial charge >= 0.3 is 12.1 Å². The molecule has 148 valence electrons. The Labute approximate surface area is 162 Å². The fraction of sp³-hybridized carbons (Fsp3) is 0.364. The van der Waals surface area contributed by atoms with Crippen LogP contribution in [-0.4, -0.2) is 11.7 Å². The number of alkyl halides is 3. The van der Waals surface area contributed by atoms with Crippen molar-refractivity contribution in [2.45, 2.75) is 51.1 Å². The van der Waals surface area contributed by atoms with Gasteiger partial charge in [-0.05, 0) is 59.6 Å². The van der Waals surface area contributed by atoms with Crippen molar-refractivity contribution in [1.29, 1.82) is 0 Å². The Morgan fingerprint density at radius 3 is 1.96 bits per heavy atom. The van der Waals surface area contributed by atoms with E-state index >= 15 is 0 Å². The van der Waals surface area contributed by atoms with Crippen molar-refractivity contribution < 1.29 is 22.8 Å². The fourth-order valence-electron chi connectivity index (χ4n) is 3.03. The summed E-state index contributed by atoms with van der Waals surface area (Å²) in [4.78, 5) is 16.8. The maximum absolute atomic E-state index is 12.5. The summed E-state index contributed by atoms with van der Waals surface area (Å²) in [7, 11) is 0. The van der Waals surface area contributed by atoms with Gasteiger partial charge in [-0.15, -0.1) is 0 Å². The van der Waals surface area contributed by atoms with Gasteiger partial charge in [0.1, 0.15) is 0 Å². The van der Waals surface area contributed by atoms with Crippen molar-refractivity contribution in [3.8, 4) is 0 Å². The number of carbonyl (C=O) groups excluding carboxylic acids is 1. The maximum atomic E-state index is 12.5. The van der Waals surface area contributed by atoms with Gasteiger partial charge in [-0.25, -0.2) is 4.79 Å². The molecule has 2 aromatic carbocycles. The molecule has 0 unspecified atom stereocenters. The SMILES string of the molecule is CC(C)(C)c1ccc(C2CC(=NOC(=O)c3ccc(C(F)(F)F)cc3)C2)cc1. The van der Waals surface area contributed by atoms with E-state index in [9.17, 15) is 18.0 Å². The molecule has 3 rings (SSSR count). The normalized spacial score (nSPS) is 17.1. The van der Waals surface area contributed by atoms with Crippen LogP contribution in [0.25, 0.3) is 0 Å². The minimum Gasteiger partial charge on any atom is -0.313 e. The summed E-state index contributed by atoms with van der Waals surface area (Å²) in [6.07, 6.45) is -3.03. The lowest BCUT2D eigenvalue weighted by molar-refractivity contribution is -0.137. The Hall–Kier alpha value is -2.63. The molecule has 6 heteroatoms. The van der Waals surface area contributed by atoms with Crippen LogP contribution in [0.15, 0.2) is 53.7 Å². The minimum atomic E-state index is -4.44. The van der Waals surface area contributed by atoms with E-state index in [4.69, 9.17) is 4.84 Å². The van der Waals surface area contributed by atoms with E-state index in [0.717, 1.165) is 30.0 Å². The molecular weight excluding hydrogens is 367 g/mol. The lowest BCUT2D eigenvalue weighted by Crippen LogP contribution is -2.22. The number of benzene rings is 2. The van der Waals surface area contributed by atoms with Crippen molar-refractivity contribution in [3.63, 3.8) is 0 Å². The van der Waals surface area contributed by atoms with Gasteiger partial charge in [0.15, 0.2) is 0 Å². The van der Waals surface area contributed by atoms with Gasteiger partial charge < -0.3 is 4.84 Å². The molecule has 0 bridgehead atoms. The van der Waals surface area contributed by atoms with Crippen LogP contribution in [0.4, 0.5) is 13.2 Å². The van der Waals surface area contributed by atoms with E-state index in [1.165, 1.54) is 11.1 Å². The second-order valence-corrected chi connectivity index (χ2v) is 8.09. The van der Waals surface area contributed by atoms with Gasteiger partial charge in [0.25, 0.3) is 0 Å². The van der Waals surface area contributed by atoms with Crippen LogP contribution in [-0.2, 0) is 16.4 Å². The Morgan fingerprint density at radius 2 is 1.46 bits per heavy atom. The smallest absolute Gasteiger partial charge is 0.313 e. The molecule has 2 aromatic rings. The highest BCUT2D eigenvalue weighted by atomic mass is 19.4. The number of carbonyl (C=O) groups is 1. The molecule has 3 nitrogen and oxygen atoms in total. The zero-order valence-corrected chi connectivity index (χ0v) is 16.0. The average Bonchev–Trinajstić information content (AvgIpc) is 2.59. The topological polar surface area (TPSA) is 38.7 Å². The highest BCUT2D eigenvalue weighted by molar-refractivity contribution is 5.93. The number of oxime groups is 1. The first-order valence-electron chi connectivity index (χ1n) is 9.09. The molecule has 0 heterocycles. The van der Waals surface area contributed by atoms with Gasteiger partial charge in [0.05, 0.1) is 16.8 Å². The number of hydrogen-bond acceptors (Lipinski definition) is 3. The third kappa shape index (κ3) is 4.61. The zero-order chi connectivity index (χ0) is 20.5. The van der Waals surface area contributed by atoms with E-state index in [1.807, 2.05) is 0 Å². The van der Waals surface area contributed by atoms with Crippen LogP contribution < -0.4 is 0 Å². The van der Waals surface area contributed by atoms with Gasteiger partial charge in [-0.1, -0.05) is 50.2 Å². The van der Waals surface area contributed by atoms with Crippen LogP contribution in [0, 0.1) is 0 Å². The Balaban J connectivity index is 1.54. The van der Waals surface area contributed by atoms with E-state index in [-0.39, 0.29) is 11.0 Å². The predicted molar refractivity (Wildman–Crippen MR) is 101 cm³/mol. The molecule has 28 heavy (non-hydrogen) atoms. The van der Waals surface area contributed by atoms with Crippen molar-refractivity contribution in [3.05, 3.63) is 70.8 Å². The summed E-state index contributed by atoms with van der Waals surface area (Å²) >= 11 is 0. The fourth-order valence-corrected chi connectivity index (χ4v) is 3.03. The summed E-state index contributed by atoms with van der Waals surface area (Å²) < 4.78 is 37.6. The first kappa shape index (κ1) is 20.1. The van der Waals surface area contributed by atoms with Crippen molar-refractivity contribution in [2.75, 3.05) is 0 Å². The van der Waals surface area contributed by atoms with Gasteiger partial charge in [0, 0.05) is 0 Å². The summed E-state index contributed by atoms with van der Waals surface area (Å²) in [5.41, 5.74) is 2.60. The second kappa shape index (κ2) is 7.41. The van der Waals surface area contributed by atoms with E-state index in [0.29, 0.717) is 18.8 Å². The summed E-state index contributed by atoms with van der Waals surface area (Å²) in [5, 5.41) is 3.85. The average molecular weight is 389 g/mol. The molecule has 1 saturated carbocycles. The highest BCUT2D eigenvalue weighted by Gasteiger charge is 2.30. The van der Waals surface area contributed by atoms with Crippen LogP contribution in [0.5, 0.6) is 0 Å². The van der Waals surface area contributed by atoms with Gasteiger partial charge in [-0.3, -0.25) is 0 Å². The number of halogens is 3. The highest BCUT2D eigenvalue weighted by Crippen LogP contribution is 2.36. The van der Waals surface area contributed by atoms with Crippen LogP contribution >= 0.6 is 0 Å². The molecule has 1 aliphatic rings. The van der Waals surface area contributed by atoms with Crippen molar-refractivity contribution >= 4 is 11.7 Å².